The largest absolute Gasteiger partial charge is 0.493 e. The lowest BCUT2D eigenvalue weighted by Crippen LogP contribution is -2.61. The minimum Gasteiger partial charge on any atom is -0.493 e. The van der Waals surface area contributed by atoms with Crippen LogP contribution in [0.15, 0.2) is 48.0 Å². The van der Waals surface area contributed by atoms with E-state index in [0.29, 0.717) is 31.7 Å². The Morgan fingerprint density at radius 3 is 2.56 bits per heavy atom. The number of nitrogens with one attached hydrogen (secondary N) is 1. The van der Waals surface area contributed by atoms with E-state index in [2.05, 4.69) is 25.2 Å². The van der Waals surface area contributed by atoms with E-state index in [-0.39, 0.29) is 18.0 Å². The van der Waals surface area contributed by atoms with E-state index in [1.54, 1.807) is 4.90 Å². The summed E-state index contributed by atoms with van der Waals surface area (Å²) in [7, 11) is 0. The Kier molecular flexibility index (Phi) is 6.33. The lowest BCUT2D eigenvalue weighted by Gasteiger charge is -2.43. The molecule has 2 aliphatic rings. The van der Waals surface area contributed by atoms with E-state index in [0.717, 1.165) is 34.4 Å². The number of carboxylic acids is 1. The van der Waals surface area contributed by atoms with Gasteiger partial charge in [-0.3, -0.25) is 4.79 Å². The molecule has 0 spiro atoms. The van der Waals surface area contributed by atoms with Gasteiger partial charge >= 0.3 is 5.97 Å². The number of carboxylic acid groups (broad SMARTS) is 1. The molecule has 2 atom stereocenters. The number of carbonyl (C=O) groups is 2. The molecule has 6 nitrogen and oxygen atoms in total. The second kappa shape index (κ2) is 9.17. The molecular weight excluding hydrogens is 404 g/mol. The van der Waals surface area contributed by atoms with E-state index >= 15 is 0 Å². The lowest BCUT2D eigenvalue weighted by atomic mass is 9.83. The van der Waals surface area contributed by atoms with E-state index in [9.17, 15) is 14.7 Å². The van der Waals surface area contributed by atoms with E-state index in [1.165, 1.54) is 12.5 Å². The third kappa shape index (κ3) is 4.55. The molecule has 32 heavy (non-hydrogen) atoms. The summed E-state index contributed by atoms with van der Waals surface area (Å²) in [5, 5.41) is 13.3. The van der Waals surface area contributed by atoms with E-state index < -0.39 is 5.97 Å². The van der Waals surface area contributed by atoms with Gasteiger partial charge in [0.05, 0.1) is 18.2 Å². The van der Waals surface area contributed by atoms with E-state index in [1.807, 2.05) is 36.4 Å². The van der Waals surface area contributed by atoms with Crippen molar-refractivity contribution in [3.63, 3.8) is 0 Å². The first-order valence-electron chi connectivity index (χ1n) is 11.1. The number of nitrogens with zero attached hydrogens (tertiary/aromatic N) is 1. The highest BCUT2D eigenvalue weighted by Crippen LogP contribution is 2.33. The molecule has 0 aliphatic carbocycles. The van der Waals surface area contributed by atoms with Crippen LogP contribution < -0.4 is 10.1 Å². The number of aliphatic carboxylic acids is 1. The van der Waals surface area contributed by atoms with Crippen molar-refractivity contribution in [3.05, 3.63) is 70.3 Å². The van der Waals surface area contributed by atoms with Crippen molar-refractivity contribution in [2.24, 2.45) is 0 Å². The number of amides is 1. The van der Waals surface area contributed by atoms with Gasteiger partial charge in [-0.25, -0.2) is 4.79 Å². The quantitative estimate of drug-likeness (QED) is 0.729. The van der Waals surface area contributed by atoms with Crippen LogP contribution in [0.2, 0.25) is 0 Å². The van der Waals surface area contributed by atoms with Gasteiger partial charge < -0.3 is 20.1 Å². The fourth-order valence-corrected chi connectivity index (χ4v) is 4.66. The number of carbonyl (C=O) groups excluding carboxylic acids is 1. The third-order valence-corrected chi connectivity index (χ3v) is 6.59. The summed E-state index contributed by atoms with van der Waals surface area (Å²) in [6.45, 7) is 7.27. The molecule has 2 bridgehead atoms. The predicted molar refractivity (Wildman–Crippen MR) is 124 cm³/mol. The SMILES string of the molecule is CC(=O)N1CC2CC(c3ccc(CCOc4cccc(C)c4C)cc3)=C(C(=O)O)C(C1)N2. The summed E-state index contributed by atoms with van der Waals surface area (Å²) >= 11 is 0. The molecule has 4 rings (SSSR count). The zero-order valence-corrected chi connectivity index (χ0v) is 18.9. The number of benzene rings is 2. The van der Waals surface area contributed by atoms with Crippen molar-refractivity contribution >= 4 is 17.4 Å². The predicted octanol–water partition coefficient (Wildman–Crippen LogP) is 3.36. The van der Waals surface area contributed by atoms with Crippen LogP contribution in [0.1, 0.15) is 35.6 Å². The molecule has 1 saturated heterocycles. The maximum atomic E-state index is 12.1. The molecule has 2 unspecified atom stereocenters. The number of hydrogen-bond acceptors (Lipinski definition) is 4. The Hall–Kier alpha value is -3.12. The molecular formula is C26H30N2O4. The van der Waals surface area contributed by atoms with Gasteiger partial charge in [-0.15, -0.1) is 0 Å². The fourth-order valence-electron chi connectivity index (χ4n) is 4.66. The van der Waals surface area contributed by atoms with Gasteiger partial charge in [0.25, 0.3) is 0 Å². The highest BCUT2D eigenvalue weighted by atomic mass is 16.5. The highest BCUT2D eigenvalue weighted by molar-refractivity contribution is 5.98. The monoisotopic (exact) mass is 434 g/mol. The van der Waals surface area contributed by atoms with Crippen LogP contribution in [-0.4, -0.2) is 53.7 Å². The van der Waals surface area contributed by atoms with E-state index in [4.69, 9.17) is 4.74 Å². The standard InChI is InChI=1S/C26H30N2O4/c1-16-5-4-6-24(17(16)2)32-12-11-19-7-9-20(10-8-19)22-13-21-14-28(18(3)29)15-23(27-21)25(22)26(30)31/h4-10,21,23,27H,11-15H2,1-3H3,(H,30,31). The van der Waals surface area contributed by atoms with Crippen LogP contribution in [-0.2, 0) is 16.0 Å². The summed E-state index contributed by atoms with van der Waals surface area (Å²) in [6.07, 6.45) is 1.37. The van der Waals surface area contributed by atoms with Gasteiger partial charge in [0.2, 0.25) is 5.91 Å². The molecule has 168 valence electrons. The first-order chi connectivity index (χ1) is 15.3. The maximum Gasteiger partial charge on any atom is 0.333 e. The van der Waals surface area contributed by atoms with Crippen LogP contribution in [0, 0.1) is 13.8 Å². The molecule has 0 saturated carbocycles. The fraction of sp³-hybridized carbons (Fsp3) is 0.385. The molecule has 1 amide bonds. The second-order valence-corrected chi connectivity index (χ2v) is 8.74. The summed E-state index contributed by atoms with van der Waals surface area (Å²) in [5.41, 5.74) is 5.71. The molecule has 2 aromatic rings. The number of fused-ring (bicyclic) bond motifs is 2. The summed E-state index contributed by atoms with van der Waals surface area (Å²) < 4.78 is 5.97. The Balaban J connectivity index is 1.48. The van der Waals surface area contributed by atoms with Crippen LogP contribution in [0.25, 0.3) is 5.57 Å². The Morgan fingerprint density at radius 2 is 1.88 bits per heavy atom. The van der Waals surface area contributed by atoms with Gasteiger partial charge in [-0.2, -0.15) is 0 Å². The zero-order chi connectivity index (χ0) is 22.8. The first-order valence-corrected chi connectivity index (χ1v) is 11.1. The minimum absolute atomic E-state index is 0.0119. The van der Waals surface area contributed by atoms with Crippen molar-refractivity contribution in [2.45, 2.75) is 45.7 Å². The molecule has 2 aliphatic heterocycles. The highest BCUT2D eigenvalue weighted by Gasteiger charge is 2.38. The topological polar surface area (TPSA) is 78.9 Å². The van der Waals surface area contributed by atoms with Gasteiger partial charge in [0.1, 0.15) is 5.75 Å². The number of piperazine rings is 1. The van der Waals surface area contributed by atoms with Gasteiger partial charge in [-0.05, 0) is 54.2 Å². The van der Waals surface area contributed by atoms with Gasteiger partial charge in [0, 0.05) is 32.5 Å². The number of rotatable bonds is 6. The smallest absolute Gasteiger partial charge is 0.333 e. The molecule has 2 N–H and O–H groups in total. The number of aryl methyl sites for hydroxylation is 1. The Morgan fingerprint density at radius 1 is 1.12 bits per heavy atom. The molecule has 0 aromatic heterocycles. The summed E-state index contributed by atoms with van der Waals surface area (Å²) in [6, 6.07) is 13.9. The maximum absolute atomic E-state index is 12.1. The minimum atomic E-state index is -0.924. The molecule has 1 fully saturated rings. The number of hydrogen-bond donors (Lipinski definition) is 2. The Bertz CT molecular complexity index is 1060. The molecule has 2 aromatic carbocycles. The van der Waals surface area contributed by atoms with Crippen LogP contribution in [0.5, 0.6) is 5.75 Å². The Labute approximate surface area is 188 Å². The first kappa shape index (κ1) is 22.1. The summed E-state index contributed by atoms with van der Waals surface area (Å²) in [4.78, 5) is 25.7. The normalized spacial score (nSPS) is 20.3. The molecule has 0 radical (unpaired) electrons. The second-order valence-electron chi connectivity index (χ2n) is 8.74. The zero-order valence-electron chi connectivity index (χ0n) is 18.9. The van der Waals surface area contributed by atoms with Crippen molar-refractivity contribution in [1.82, 2.24) is 10.2 Å². The van der Waals surface area contributed by atoms with Crippen molar-refractivity contribution in [1.29, 1.82) is 0 Å². The number of ether oxygens (including phenoxy) is 1. The van der Waals surface area contributed by atoms with Crippen molar-refractivity contribution < 1.29 is 19.4 Å². The van der Waals surface area contributed by atoms with Crippen LogP contribution in [0.3, 0.4) is 0 Å². The van der Waals surface area contributed by atoms with Crippen LogP contribution in [0.4, 0.5) is 0 Å². The van der Waals surface area contributed by atoms with Gasteiger partial charge in [-0.1, -0.05) is 36.4 Å². The van der Waals surface area contributed by atoms with Crippen molar-refractivity contribution in [3.8, 4) is 5.75 Å². The van der Waals surface area contributed by atoms with Crippen molar-refractivity contribution in [2.75, 3.05) is 19.7 Å². The average molecular weight is 435 g/mol. The van der Waals surface area contributed by atoms with Gasteiger partial charge in [0.15, 0.2) is 0 Å². The molecule has 2 heterocycles. The summed E-state index contributed by atoms with van der Waals surface area (Å²) in [5.74, 6) is -0.0202. The van der Waals surface area contributed by atoms with Crippen LogP contribution >= 0.6 is 0 Å². The molecule has 6 heteroatoms. The average Bonchev–Trinajstić information content (AvgIpc) is 2.76. The third-order valence-electron chi connectivity index (χ3n) is 6.59. The lowest BCUT2D eigenvalue weighted by molar-refractivity contribution is -0.135.